The zero-order valence-electron chi connectivity index (χ0n) is 11.8. The zero-order valence-corrected chi connectivity index (χ0v) is 13.4. The summed E-state index contributed by atoms with van der Waals surface area (Å²) in [5.41, 5.74) is 0. The Labute approximate surface area is 124 Å². The van der Waals surface area contributed by atoms with Crippen molar-refractivity contribution in [3.8, 4) is 0 Å². The van der Waals surface area contributed by atoms with Crippen molar-refractivity contribution in [1.82, 2.24) is 8.61 Å². The Morgan fingerprint density at radius 3 is 2.10 bits per heavy atom. The molecule has 1 N–H and O–H groups in total. The van der Waals surface area contributed by atoms with E-state index < -0.39 is 20.0 Å². The number of aliphatic hydroxyl groups excluding tert-OH is 1. The summed E-state index contributed by atoms with van der Waals surface area (Å²) in [6.07, 6.45) is 1.10. The lowest BCUT2D eigenvalue weighted by Gasteiger charge is -2.32. The molecule has 1 aliphatic heterocycles. The van der Waals surface area contributed by atoms with E-state index in [0.717, 1.165) is 6.26 Å². The molecule has 2 rings (SSSR count). The predicted octanol–water partition coefficient (Wildman–Crippen LogP) is -0.654. The van der Waals surface area contributed by atoms with E-state index in [2.05, 4.69) is 0 Å². The maximum absolute atomic E-state index is 12.5. The Morgan fingerprint density at radius 2 is 1.67 bits per heavy atom. The van der Waals surface area contributed by atoms with Crippen LogP contribution in [0.2, 0.25) is 0 Å². The van der Waals surface area contributed by atoms with Crippen LogP contribution < -0.4 is 0 Å². The van der Waals surface area contributed by atoms with Gasteiger partial charge in [-0.15, -0.1) is 0 Å². The molecule has 21 heavy (non-hydrogen) atoms. The number of hydrogen-bond donors (Lipinski definition) is 1. The minimum Gasteiger partial charge on any atom is -0.462 e. The van der Waals surface area contributed by atoms with Crippen molar-refractivity contribution in [1.29, 1.82) is 0 Å². The molecule has 0 aliphatic carbocycles. The van der Waals surface area contributed by atoms with Crippen molar-refractivity contribution in [3.63, 3.8) is 0 Å². The lowest BCUT2D eigenvalue weighted by Crippen LogP contribution is -2.50. The highest BCUT2D eigenvalue weighted by atomic mass is 32.2. The number of piperazine rings is 1. The van der Waals surface area contributed by atoms with E-state index in [-0.39, 0.29) is 49.2 Å². The third kappa shape index (κ3) is 3.29. The molecule has 1 aromatic heterocycles. The second kappa shape index (κ2) is 5.69. The average molecular weight is 338 g/mol. The number of hydrogen-bond acceptors (Lipinski definition) is 6. The van der Waals surface area contributed by atoms with Crippen molar-refractivity contribution in [2.45, 2.75) is 18.4 Å². The summed E-state index contributed by atoms with van der Waals surface area (Å²) in [5, 5.41) is 9.00. The minimum atomic E-state index is -3.74. The van der Waals surface area contributed by atoms with E-state index >= 15 is 0 Å². The van der Waals surface area contributed by atoms with Crippen LogP contribution in [0.1, 0.15) is 11.5 Å². The van der Waals surface area contributed by atoms with E-state index in [9.17, 15) is 16.8 Å². The largest absolute Gasteiger partial charge is 0.462 e. The smallest absolute Gasteiger partial charge is 0.246 e. The maximum atomic E-state index is 12.5. The van der Waals surface area contributed by atoms with Crippen molar-refractivity contribution >= 4 is 20.0 Å². The number of aryl methyl sites for hydroxylation is 1. The van der Waals surface area contributed by atoms with Crippen molar-refractivity contribution in [2.75, 3.05) is 32.4 Å². The SMILES string of the molecule is Cc1oc(CO)cc1S(=O)(=O)N1CCN(S(C)(=O)=O)CC1. The Hall–Kier alpha value is -0.940. The summed E-state index contributed by atoms with van der Waals surface area (Å²) in [6.45, 7) is 1.57. The van der Waals surface area contributed by atoms with Crippen LogP contribution >= 0.6 is 0 Å². The lowest BCUT2D eigenvalue weighted by atomic mass is 10.4. The summed E-state index contributed by atoms with van der Waals surface area (Å²) in [7, 11) is -7.05. The molecular weight excluding hydrogens is 320 g/mol. The molecule has 0 atom stereocenters. The van der Waals surface area contributed by atoms with Gasteiger partial charge in [0, 0.05) is 32.2 Å². The average Bonchev–Trinajstić information content (AvgIpc) is 2.80. The molecule has 1 aliphatic rings. The number of rotatable bonds is 4. The molecule has 2 heterocycles. The molecule has 120 valence electrons. The first-order chi connectivity index (χ1) is 9.66. The van der Waals surface area contributed by atoms with E-state index in [1.165, 1.54) is 21.6 Å². The highest BCUT2D eigenvalue weighted by molar-refractivity contribution is 7.89. The number of furan rings is 1. The molecule has 10 heteroatoms. The molecular formula is C11H18N2O6S2. The van der Waals surface area contributed by atoms with Crippen LogP contribution in [0.4, 0.5) is 0 Å². The Balaban J connectivity index is 2.20. The van der Waals surface area contributed by atoms with Gasteiger partial charge in [-0.3, -0.25) is 0 Å². The number of nitrogens with zero attached hydrogens (tertiary/aromatic N) is 2. The first-order valence-corrected chi connectivity index (χ1v) is 9.60. The molecule has 1 saturated heterocycles. The Kier molecular flexibility index (Phi) is 4.45. The van der Waals surface area contributed by atoms with Gasteiger partial charge in [0.25, 0.3) is 0 Å². The monoisotopic (exact) mass is 338 g/mol. The third-order valence-electron chi connectivity index (χ3n) is 3.36. The van der Waals surface area contributed by atoms with Gasteiger partial charge >= 0.3 is 0 Å². The second-order valence-corrected chi connectivity index (χ2v) is 8.75. The van der Waals surface area contributed by atoms with Gasteiger partial charge in [-0.2, -0.15) is 8.61 Å². The van der Waals surface area contributed by atoms with Crippen LogP contribution in [0.25, 0.3) is 0 Å². The summed E-state index contributed by atoms with van der Waals surface area (Å²) in [4.78, 5) is 0.0133. The van der Waals surface area contributed by atoms with Crippen LogP contribution in [0.3, 0.4) is 0 Å². The highest BCUT2D eigenvalue weighted by Gasteiger charge is 2.33. The first-order valence-electron chi connectivity index (χ1n) is 6.31. The van der Waals surface area contributed by atoms with Crippen molar-refractivity contribution < 1.29 is 26.4 Å². The van der Waals surface area contributed by atoms with Gasteiger partial charge in [0.1, 0.15) is 23.0 Å². The number of aliphatic hydroxyl groups is 1. The van der Waals surface area contributed by atoms with Crippen LogP contribution in [-0.2, 0) is 26.7 Å². The number of sulfonamides is 2. The summed E-state index contributed by atoms with van der Waals surface area (Å²) >= 11 is 0. The zero-order chi connectivity index (χ0) is 15.8. The second-order valence-electron chi connectivity index (χ2n) is 4.86. The molecule has 0 bridgehead atoms. The van der Waals surface area contributed by atoms with Gasteiger partial charge < -0.3 is 9.52 Å². The van der Waals surface area contributed by atoms with Gasteiger partial charge in [0.2, 0.25) is 20.0 Å². The van der Waals surface area contributed by atoms with Crippen LogP contribution in [0, 0.1) is 6.92 Å². The normalized spacial score (nSPS) is 19.0. The van der Waals surface area contributed by atoms with Crippen LogP contribution in [-0.4, -0.2) is 63.0 Å². The van der Waals surface area contributed by atoms with Crippen LogP contribution in [0.5, 0.6) is 0 Å². The molecule has 0 amide bonds. The molecule has 8 nitrogen and oxygen atoms in total. The Morgan fingerprint density at radius 1 is 1.14 bits per heavy atom. The summed E-state index contributed by atoms with van der Waals surface area (Å²) in [5.74, 6) is 0.394. The minimum absolute atomic E-state index is 0.0133. The molecule has 0 spiro atoms. The van der Waals surface area contributed by atoms with Gasteiger partial charge in [0.05, 0.1) is 6.26 Å². The Bertz CT molecular complexity index is 714. The molecule has 0 saturated carbocycles. The van der Waals surface area contributed by atoms with E-state index in [1.54, 1.807) is 0 Å². The van der Waals surface area contributed by atoms with E-state index in [1.807, 2.05) is 0 Å². The summed E-state index contributed by atoms with van der Waals surface area (Å²) < 4.78 is 55.5. The molecule has 1 fully saturated rings. The van der Waals surface area contributed by atoms with Crippen LogP contribution in [0.15, 0.2) is 15.4 Å². The third-order valence-corrected chi connectivity index (χ3v) is 6.67. The molecule has 0 unspecified atom stereocenters. The van der Waals surface area contributed by atoms with E-state index in [0.29, 0.717) is 0 Å². The van der Waals surface area contributed by atoms with Crippen molar-refractivity contribution in [3.05, 3.63) is 17.6 Å². The summed E-state index contributed by atoms with van der Waals surface area (Å²) in [6, 6.07) is 1.30. The standard InChI is InChI=1S/C11H18N2O6S2/c1-9-11(7-10(8-14)19-9)21(17,18)13-5-3-12(4-6-13)20(2,15)16/h7,14H,3-6,8H2,1-2H3. The van der Waals surface area contributed by atoms with Gasteiger partial charge in [-0.1, -0.05) is 0 Å². The van der Waals surface area contributed by atoms with Gasteiger partial charge in [-0.05, 0) is 6.92 Å². The topological polar surface area (TPSA) is 108 Å². The first kappa shape index (κ1) is 16.4. The molecule has 0 aromatic carbocycles. The fourth-order valence-corrected chi connectivity index (χ4v) is 4.67. The van der Waals surface area contributed by atoms with Crippen molar-refractivity contribution in [2.24, 2.45) is 0 Å². The highest BCUT2D eigenvalue weighted by Crippen LogP contribution is 2.24. The predicted molar refractivity (Wildman–Crippen MR) is 74.5 cm³/mol. The van der Waals surface area contributed by atoms with Gasteiger partial charge in [-0.25, -0.2) is 16.8 Å². The van der Waals surface area contributed by atoms with Gasteiger partial charge in [0.15, 0.2) is 0 Å². The molecule has 1 aromatic rings. The fourth-order valence-electron chi connectivity index (χ4n) is 2.24. The lowest BCUT2D eigenvalue weighted by molar-refractivity contribution is 0.244. The van der Waals surface area contributed by atoms with E-state index in [4.69, 9.17) is 9.52 Å². The molecule has 0 radical (unpaired) electrons. The fraction of sp³-hybridized carbons (Fsp3) is 0.636. The quantitative estimate of drug-likeness (QED) is 0.781. The maximum Gasteiger partial charge on any atom is 0.246 e.